The third kappa shape index (κ3) is 3.40. The number of nitrogens with one attached hydrogen (secondary N) is 1. The second-order valence-electron chi connectivity index (χ2n) is 4.56. The van der Waals surface area contributed by atoms with Crippen LogP contribution in [-0.4, -0.2) is 49.6 Å². The first-order valence-electron chi connectivity index (χ1n) is 6.25. The number of phenols is 1. The molecular formula is C14H20N2O4. The Kier molecular flexibility index (Phi) is 5.37. The van der Waals surface area contributed by atoms with Crippen LogP contribution in [0, 0.1) is 5.92 Å². The maximum Gasteiger partial charge on any atom is 0.257 e. The Morgan fingerprint density at radius 2 is 2.10 bits per heavy atom. The molecule has 0 heterocycles. The standard InChI is InChI=1S/C14H20N2O4/c1-9(13(18)15-2)8-16(3)14(19)10-6-5-7-11(20-4)12(10)17/h5-7,9,17H,8H2,1-4H3,(H,15,18). The lowest BCUT2D eigenvalue weighted by atomic mass is 10.1. The molecule has 0 saturated carbocycles. The molecule has 0 radical (unpaired) electrons. The Morgan fingerprint density at radius 3 is 2.65 bits per heavy atom. The first-order valence-corrected chi connectivity index (χ1v) is 6.25. The van der Waals surface area contributed by atoms with Gasteiger partial charge in [-0.3, -0.25) is 9.59 Å². The van der Waals surface area contributed by atoms with Gasteiger partial charge in [0.15, 0.2) is 11.5 Å². The van der Waals surface area contributed by atoms with Gasteiger partial charge >= 0.3 is 0 Å². The summed E-state index contributed by atoms with van der Waals surface area (Å²) < 4.78 is 4.97. The Bertz CT molecular complexity index is 502. The van der Waals surface area contributed by atoms with Crippen LogP contribution in [0.15, 0.2) is 18.2 Å². The third-order valence-electron chi connectivity index (χ3n) is 3.04. The number of nitrogens with zero attached hydrogens (tertiary/aromatic N) is 1. The van der Waals surface area contributed by atoms with Gasteiger partial charge < -0.3 is 20.1 Å². The highest BCUT2D eigenvalue weighted by molar-refractivity contribution is 5.97. The van der Waals surface area contributed by atoms with Gasteiger partial charge in [0.25, 0.3) is 5.91 Å². The number of carbonyl (C=O) groups excluding carboxylic acids is 2. The number of para-hydroxylation sites is 1. The molecule has 2 amide bonds. The lowest BCUT2D eigenvalue weighted by Crippen LogP contribution is -2.37. The zero-order valence-corrected chi connectivity index (χ0v) is 12.1. The van der Waals surface area contributed by atoms with Gasteiger partial charge in [0, 0.05) is 20.6 Å². The Morgan fingerprint density at radius 1 is 1.45 bits per heavy atom. The molecular weight excluding hydrogens is 260 g/mol. The Labute approximate surface area is 118 Å². The van der Waals surface area contributed by atoms with Crippen molar-refractivity contribution in [3.63, 3.8) is 0 Å². The number of aromatic hydroxyl groups is 1. The van der Waals surface area contributed by atoms with E-state index in [1.165, 1.54) is 18.1 Å². The number of methoxy groups -OCH3 is 1. The highest BCUT2D eigenvalue weighted by atomic mass is 16.5. The smallest absolute Gasteiger partial charge is 0.257 e. The molecule has 0 fully saturated rings. The molecule has 6 nitrogen and oxygen atoms in total. The summed E-state index contributed by atoms with van der Waals surface area (Å²) in [5, 5.41) is 12.5. The van der Waals surface area contributed by atoms with Crippen LogP contribution in [0.3, 0.4) is 0 Å². The van der Waals surface area contributed by atoms with Crippen molar-refractivity contribution in [2.24, 2.45) is 5.92 Å². The first kappa shape index (κ1) is 15.8. The predicted molar refractivity (Wildman–Crippen MR) is 74.9 cm³/mol. The van der Waals surface area contributed by atoms with Crippen molar-refractivity contribution >= 4 is 11.8 Å². The first-order chi connectivity index (χ1) is 9.42. The molecule has 0 bridgehead atoms. The summed E-state index contributed by atoms with van der Waals surface area (Å²) in [6.45, 7) is 1.99. The van der Waals surface area contributed by atoms with E-state index in [-0.39, 0.29) is 41.3 Å². The summed E-state index contributed by atoms with van der Waals surface area (Å²) in [5.41, 5.74) is 0.149. The number of ether oxygens (including phenoxy) is 1. The molecule has 1 unspecified atom stereocenters. The molecule has 0 aliphatic heterocycles. The van der Waals surface area contributed by atoms with Gasteiger partial charge in [0.1, 0.15) is 0 Å². The summed E-state index contributed by atoms with van der Waals surface area (Å²) in [6, 6.07) is 4.71. The molecule has 0 aliphatic rings. The number of benzene rings is 1. The van der Waals surface area contributed by atoms with Gasteiger partial charge in [-0.2, -0.15) is 0 Å². The van der Waals surface area contributed by atoms with Crippen molar-refractivity contribution in [3.05, 3.63) is 23.8 Å². The van der Waals surface area contributed by atoms with Crippen LogP contribution >= 0.6 is 0 Å². The molecule has 0 aromatic heterocycles. The fourth-order valence-corrected chi connectivity index (χ4v) is 1.89. The van der Waals surface area contributed by atoms with Crippen LogP contribution < -0.4 is 10.1 Å². The van der Waals surface area contributed by atoms with E-state index in [0.717, 1.165) is 0 Å². The number of hydrogen-bond donors (Lipinski definition) is 2. The molecule has 6 heteroatoms. The highest BCUT2D eigenvalue weighted by Crippen LogP contribution is 2.30. The summed E-state index contributed by atoms with van der Waals surface area (Å²) in [5.74, 6) is -0.790. The van der Waals surface area contributed by atoms with Crippen LogP contribution in [0.25, 0.3) is 0 Å². The second-order valence-corrected chi connectivity index (χ2v) is 4.56. The fraction of sp³-hybridized carbons (Fsp3) is 0.429. The van der Waals surface area contributed by atoms with Gasteiger partial charge in [-0.15, -0.1) is 0 Å². The zero-order valence-electron chi connectivity index (χ0n) is 12.1. The highest BCUT2D eigenvalue weighted by Gasteiger charge is 2.21. The van der Waals surface area contributed by atoms with Gasteiger partial charge in [0.05, 0.1) is 18.6 Å². The molecule has 1 aromatic rings. The average molecular weight is 280 g/mol. The second kappa shape index (κ2) is 6.79. The van der Waals surface area contributed by atoms with Crippen LogP contribution in [0.1, 0.15) is 17.3 Å². The summed E-state index contributed by atoms with van der Waals surface area (Å²) >= 11 is 0. The summed E-state index contributed by atoms with van der Waals surface area (Å²) in [6.07, 6.45) is 0. The van der Waals surface area contributed by atoms with E-state index >= 15 is 0 Å². The van der Waals surface area contributed by atoms with Crippen LogP contribution in [0.4, 0.5) is 0 Å². The van der Waals surface area contributed by atoms with Crippen molar-refractivity contribution in [1.82, 2.24) is 10.2 Å². The molecule has 2 N–H and O–H groups in total. The van der Waals surface area contributed by atoms with Crippen molar-refractivity contribution in [2.75, 3.05) is 27.7 Å². The summed E-state index contributed by atoms with van der Waals surface area (Å²) in [7, 11) is 4.55. The van der Waals surface area contributed by atoms with E-state index < -0.39 is 0 Å². The molecule has 0 aliphatic carbocycles. The minimum atomic E-state index is -0.364. The Hall–Kier alpha value is -2.24. The number of rotatable bonds is 5. The van der Waals surface area contributed by atoms with Gasteiger partial charge in [0.2, 0.25) is 5.91 Å². The maximum atomic E-state index is 12.3. The molecule has 1 aromatic carbocycles. The number of hydrogen-bond acceptors (Lipinski definition) is 4. The number of carbonyl (C=O) groups is 2. The van der Waals surface area contributed by atoms with E-state index in [1.807, 2.05) is 0 Å². The molecule has 0 saturated heterocycles. The van der Waals surface area contributed by atoms with Gasteiger partial charge in [-0.05, 0) is 12.1 Å². The number of amides is 2. The zero-order chi connectivity index (χ0) is 15.3. The normalized spacial score (nSPS) is 11.6. The monoisotopic (exact) mass is 280 g/mol. The van der Waals surface area contributed by atoms with E-state index in [1.54, 1.807) is 33.2 Å². The lowest BCUT2D eigenvalue weighted by molar-refractivity contribution is -0.124. The summed E-state index contributed by atoms with van der Waals surface area (Å²) in [4.78, 5) is 25.1. The lowest BCUT2D eigenvalue weighted by Gasteiger charge is -2.21. The van der Waals surface area contributed by atoms with Crippen molar-refractivity contribution < 1.29 is 19.4 Å². The molecule has 1 atom stereocenters. The quantitative estimate of drug-likeness (QED) is 0.838. The van der Waals surface area contributed by atoms with E-state index in [0.29, 0.717) is 0 Å². The maximum absolute atomic E-state index is 12.3. The van der Waals surface area contributed by atoms with Crippen molar-refractivity contribution in [3.8, 4) is 11.5 Å². The largest absolute Gasteiger partial charge is 0.504 e. The average Bonchev–Trinajstić information content (AvgIpc) is 2.45. The van der Waals surface area contributed by atoms with Crippen LogP contribution in [0.2, 0.25) is 0 Å². The van der Waals surface area contributed by atoms with E-state index in [2.05, 4.69) is 5.32 Å². The van der Waals surface area contributed by atoms with E-state index in [9.17, 15) is 14.7 Å². The Balaban J connectivity index is 2.87. The SMILES string of the molecule is CNC(=O)C(C)CN(C)C(=O)c1cccc(OC)c1O. The van der Waals surface area contributed by atoms with Crippen molar-refractivity contribution in [2.45, 2.75) is 6.92 Å². The predicted octanol–water partition coefficient (Wildman–Crippen LogP) is 0.855. The molecule has 110 valence electrons. The fourth-order valence-electron chi connectivity index (χ4n) is 1.89. The topological polar surface area (TPSA) is 78.9 Å². The third-order valence-corrected chi connectivity index (χ3v) is 3.04. The molecule has 0 spiro atoms. The molecule has 1 rings (SSSR count). The van der Waals surface area contributed by atoms with Crippen LogP contribution in [0.5, 0.6) is 11.5 Å². The van der Waals surface area contributed by atoms with Crippen LogP contribution in [-0.2, 0) is 4.79 Å². The van der Waals surface area contributed by atoms with Gasteiger partial charge in [-0.1, -0.05) is 13.0 Å². The van der Waals surface area contributed by atoms with Gasteiger partial charge in [-0.25, -0.2) is 0 Å². The molecule has 20 heavy (non-hydrogen) atoms. The minimum absolute atomic E-state index is 0.139. The van der Waals surface area contributed by atoms with E-state index in [4.69, 9.17) is 4.74 Å². The van der Waals surface area contributed by atoms with Crippen molar-refractivity contribution in [1.29, 1.82) is 0 Å². The minimum Gasteiger partial charge on any atom is -0.504 e. The number of phenolic OH excluding ortho intramolecular Hbond substituents is 1.